The van der Waals surface area contributed by atoms with Crippen LogP contribution in [0.3, 0.4) is 0 Å². The van der Waals surface area contributed by atoms with Crippen molar-refractivity contribution in [1.82, 2.24) is 15.0 Å². The smallest absolute Gasteiger partial charge is 0.190 e. The van der Waals surface area contributed by atoms with Crippen molar-refractivity contribution >= 4 is 12.2 Å². The van der Waals surface area contributed by atoms with Crippen LogP contribution >= 0.6 is 0 Å². The topological polar surface area (TPSA) is 54.5 Å². The average molecular weight is 304 g/mol. The van der Waals surface area contributed by atoms with Crippen molar-refractivity contribution in [2.45, 2.75) is 6.92 Å². The van der Waals surface area contributed by atoms with E-state index in [-0.39, 0.29) is 11.5 Å². The van der Waals surface area contributed by atoms with Crippen LogP contribution in [-0.2, 0) is 0 Å². The second kappa shape index (κ2) is 6.24. The van der Waals surface area contributed by atoms with E-state index in [0.717, 1.165) is 16.8 Å². The molecule has 1 aromatic heterocycles. The van der Waals surface area contributed by atoms with Gasteiger partial charge in [-0.3, -0.25) is 0 Å². The lowest BCUT2D eigenvalue weighted by atomic mass is 10.1. The van der Waals surface area contributed by atoms with E-state index in [2.05, 4.69) is 10.3 Å². The highest BCUT2D eigenvalue weighted by molar-refractivity contribution is 5.70. The van der Waals surface area contributed by atoms with Crippen molar-refractivity contribution in [3.63, 3.8) is 0 Å². The second-order valence-corrected chi connectivity index (χ2v) is 5.07. The van der Waals surface area contributed by atoms with E-state index >= 15 is 0 Å². The van der Waals surface area contributed by atoms with E-state index < -0.39 is 0 Å². The second-order valence-electron chi connectivity index (χ2n) is 5.07. The van der Waals surface area contributed by atoms with Gasteiger partial charge in [-0.15, -0.1) is 5.10 Å². The van der Waals surface area contributed by atoms with Gasteiger partial charge in [0.15, 0.2) is 5.69 Å². The van der Waals surface area contributed by atoms with Gasteiger partial charge in [-0.2, -0.15) is 5.26 Å². The molecule has 0 saturated heterocycles. The Bertz CT molecular complexity index is 902. The van der Waals surface area contributed by atoms with Crippen LogP contribution in [-0.4, -0.2) is 15.0 Å². The van der Waals surface area contributed by atoms with Crippen molar-refractivity contribution in [2.24, 2.45) is 0 Å². The summed E-state index contributed by atoms with van der Waals surface area (Å²) in [5.74, 6) is -0.286. The Morgan fingerprint density at radius 3 is 2.61 bits per heavy atom. The summed E-state index contributed by atoms with van der Waals surface area (Å²) >= 11 is 0. The van der Waals surface area contributed by atoms with Gasteiger partial charge in [0.05, 0.1) is 5.69 Å². The molecule has 0 N–H and O–H groups in total. The quantitative estimate of drug-likeness (QED) is 0.740. The molecule has 112 valence electrons. The number of aryl methyl sites for hydroxylation is 1. The molecule has 0 aliphatic heterocycles. The Morgan fingerprint density at radius 1 is 1.13 bits per heavy atom. The molecular formula is C18H13FN4. The van der Waals surface area contributed by atoms with E-state index in [9.17, 15) is 9.65 Å². The van der Waals surface area contributed by atoms with E-state index in [4.69, 9.17) is 0 Å². The summed E-state index contributed by atoms with van der Waals surface area (Å²) in [6, 6.07) is 15.9. The first-order valence-corrected chi connectivity index (χ1v) is 7.04. The first-order chi connectivity index (χ1) is 11.2. The Kier molecular flexibility index (Phi) is 3.98. The summed E-state index contributed by atoms with van der Waals surface area (Å²) in [5.41, 5.74) is 3.57. The molecule has 0 aliphatic carbocycles. The zero-order valence-electron chi connectivity index (χ0n) is 12.4. The van der Waals surface area contributed by atoms with Crippen LogP contribution in [0.4, 0.5) is 4.39 Å². The van der Waals surface area contributed by atoms with Gasteiger partial charge >= 0.3 is 0 Å². The summed E-state index contributed by atoms with van der Waals surface area (Å²) in [6.07, 6.45) is 3.55. The minimum atomic E-state index is -0.286. The molecule has 0 amide bonds. The third kappa shape index (κ3) is 3.16. The molecule has 3 aromatic rings. The highest BCUT2D eigenvalue weighted by Gasteiger charge is 2.11. The number of nitrogens with zero attached hydrogens (tertiary/aromatic N) is 4. The highest BCUT2D eigenvalue weighted by atomic mass is 19.1. The molecule has 0 radical (unpaired) electrons. The van der Waals surface area contributed by atoms with Crippen LogP contribution in [0.15, 0.2) is 48.5 Å². The van der Waals surface area contributed by atoms with Crippen molar-refractivity contribution < 1.29 is 4.39 Å². The van der Waals surface area contributed by atoms with Gasteiger partial charge in [-0.1, -0.05) is 35.6 Å². The normalized spacial score (nSPS) is 10.8. The van der Waals surface area contributed by atoms with Gasteiger partial charge in [-0.05, 0) is 48.4 Å². The largest absolute Gasteiger partial charge is 0.212 e. The fraction of sp³-hybridized carbons (Fsp3) is 0.0556. The molecule has 0 spiro atoms. The molecule has 0 saturated carbocycles. The lowest BCUT2D eigenvalue weighted by Gasteiger charge is -2.04. The first-order valence-electron chi connectivity index (χ1n) is 7.04. The van der Waals surface area contributed by atoms with E-state index in [1.165, 1.54) is 12.1 Å². The Balaban J connectivity index is 2.03. The first kappa shape index (κ1) is 14.7. The molecular weight excluding hydrogens is 291 g/mol. The molecule has 4 nitrogen and oxygen atoms in total. The summed E-state index contributed by atoms with van der Waals surface area (Å²) in [5, 5.41) is 17.2. The average Bonchev–Trinajstić information content (AvgIpc) is 2.97. The number of halogens is 1. The van der Waals surface area contributed by atoms with Crippen molar-refractivity contribution in [2.75, 3.05) is 0 Å². The predicted octanol–water partition coefficient (Wildman–Crippen LogP) is 3.76. The third-order valence-corrected chi connectivity index (χ3v) is 3.36. The molecule has 3 rings (SSSR count). The number of rotatable bonds is 3. The number of aromatic nitrogens is 3. The van der Waals surface area contributed by atoms with Gasteiger partial charge < -0.3 is 0 Å². The lowest BCUT2D eigenvalue weighted by Crippen LogP contribution is -1.99. The fourth-order valence-electron chi connectivity index (χ4n) is 2.22. The molecule has 0 atom stereocenters. The third-order valence-electron chi connectivity index (χ3n) is 3.36. The number of benzene rings is 2. The lowest BCUT2D eigenvalue weighted by molar-refractivity contribution is 0.628. The van der Waals surface area contributed by atoms with E-state index in [1.54, 1.807) is 29.0 Å². The van der Waals surface area contributed by atoms with Crippen LogP contribution in [0.5, 0.6) is 0 Å². The fourth-order valence-corrected chi connectivity index (χ4v) is 2.22. The Labute approximate surface area is 133 Å². The van der Waals surface area contributed by atoms with Crippen LogP contribution in [0.1, 0.15) is 22.5 Å². The van der Waals surface area contributed by atoms with Gasteiger partial charge in [0.25, 0.3) is 0 Å². The Hall–Kier alpha value is -3.26. The predicted molar refractivity (Wildman–Crippen MR) is 86.1 cm³/mol. The summed E-state index contributed by atoms with van der Waals surface area (Å²) < 4.78 is 14.6. The molecule has 0 aliphatic rings. The molecule has 23 heavy (non-hydrogen) atoms. The van der Waals surface area contributed by atoms with Crippen LogP contribution < -0.4 is 0 Å². The molecule has 1 heterocycles. The molecule has 0 unspecified atom stereocenters. The van der Waals surface area contributed by atoms with Crippen LogP contribution in [0, 0.1) is 24.1 Å². The maximum absolute atomic E-state index is 13.0. The minimum absolute atomic E-state index is 0.241. The van der Waals surface area contributed by atoms with Gasteiger partial charge in [0, 0.05) is 0 Å². The molecule has 0 fully saturated rings. The van der Waals surface area contributed by atoms with E-state index in [0.29, 0.717) is 5.69 Å². The Morgan fingerprint density at radius 2 is 1.91 bits per heavy atom. The van der Waals surface area contributed by atoms with Gasteiger partial charge in [-0.25, -0.2) is 9.07 Å². The van der Waals surface area contributed by atoms with Crippen molar-refractivity contribution in [3.05, 3.63) is 76.9 Å². The molecule has 2 aromatic carbocycles. The molecule has 5 heteroatoms. The van der Waals surface area contributed by atoms with Crippen molar-refractivity contribution in [3.8, 4) is 11.8 Å². The summed E-state index contributed by atoms with van der Waals surface area (Å²) in [6.45, 7) is 1.99. The van der Waals surface area contributed by atoms with Gasteiger partial charge in [0.1, 0.15) is 17.6 Å². The highest BCUT2D eigenvalue weighted by Crippen LogP contribution is 2.17. The monoisotopic (exact) mass is 304 g/mol. The van der Waals surface area contributed by atoms with Gasteiger partial charge in [0.2, 0.25) is 0 Å². The number of nitriles is 1. The molecule has 0 bridgehead atoms. The SMILES string of the molecule is Cc1cccc(-n2nnc(C#N)c2/C=C/c2ccc(F)cc2)c1. The van der Waals surface area contributed by atoms with Crippen LogP contribution in [0.2, 0.25) is 0 Å². The maximum atomic E-state index is 13.0. The van der Waals surface area contributed by atoms with Crippen LogP contribution in [0.25, 0.3) is 17.8 Å². The standard InChI is InChI=1S/C18H13FN4/c1-13-3-2-4-16(11-13)23-18(17(12-20)21-22-23)10-7-14-5-8-15(19)9-6-14/h2-11H,1H3/b10-7+. The number of hydrogen-bond donors (Lipinski definition) is 0. The zero-order chi connectivity index (χ0) is 16.2. The maximum Gasteiger partial charge on any atom is 0.190 e. The summed E-state index contributed by atoms with van der Waals surface area (Å²) in [4.78, 5) is 0. The zero-order valence-corrected chi connectivity index (χ0v) is 12.4. The minimum Gasteiger partial charge on any atom is -0.212 e. The summed E-state index contributed by atoms with van der Waals surface area (Å²) in [7, 11) is 0. The number of hydrogen-bond acceptors (Lipinski definition) is 3. The van der Waals surface area contributed by atoms with E-state index in [1.807, 2.05) is 37.3 Å². The van der Waals surface area contributed by atoms with Crippen molar-refractivity contribution in [1.29, 1.82) is 5.26 Å².